The Kier molecular flexibility index (Phi) is 5.28. The van der Waals surface area contributed by atoms with Crippen LogP contribution in [-0.4, -0.2) is 33.8 Å². The number of hydrogen-bond donors (Lipinski definition) is 1. The van der Waals surface area contributed by atoms with Crippen molar-refractivity contribution in [3.63, 3.8) is 0 Å². The van der Waals surface area contributed by atoms with E-state index in [1.807, 2.05) is 0 Å². The summed E-state index contributed by atoms with van der Waals surface area (Å²) in [6.07, 6.45) is 1.00. The molecule has 1 aromatic carbocycles. The number of ether oxygens (including phenoxy) is 1. The van der Waals surface area contributed by atoms with Gasteiger partial charge in [-0.3, -0.25) is 0 Å². The SMILES string of the molecule is CCOC(=O)c1nn(-c2ccc(Cl)cc2Cl)c(Cl)c1C=NO. The molecular formula is C13H10Cl3N3O3. The van der Waals surface area contributed by atoms with Gasteiger partial charge in [0.1, 0.15) is 5.15 Å². The van der Waals surface area contributed by atoms with Crippen molar-refractivity contribution in [2.45, 2.75) is 6.92 Å². The molecule has 0 bridgehead atoms. The molecule has 0 radical (unpaired) electrons. The van der Waals surface area contributed by atoms with Gasteiger partial charge in [0.05, 0.1) is 29.1 Å². The topological polar surface area (TPSA) is 76.7 Å². The molecule has 0 aliphatic carbocycles. The molecule has 1 N–H and O–H groups in total. The summed E-state index contributed by atoms with van der Waals surface area (Å²) in [5.74, 6) is -0.692. The number of hydrogen-bond acceptors (Lipinski definition) is 5. The maximum absolute atomic E-state index is 11.9. The Bertz CT molecular complexity index is 744. The van der Waals surface area contributed by atoms with Crippen molar-refractivity contribution in [3.05, 3.63) is 44.7 Å². The average molecular weight is 363 g/mol. The van der Waals surface area contributed by atoms with E-state index in [9.17, 15) is 4.79 Å². The van der Waals surface area contributed by atoms with E-state index in [1.54, 1.807) is 19.1 Å². The lowest BCUT2D eigenvalue weighted by atomic mass is 10.2. The number of halogens is 3. The first-order chi connectivity index (χ1) is 10.5. The molecule has 116 valence electrons. The minimum absolute atomic E-state index is 0.0464. The fraction of sp³-hybridized carbons (Fsp3) is 0.154. The van der Waals surface area contributed by atoms with Crippen LogP contribution in [0.15, 0.2) is 23.4 Å². The van der Waals surface area contributed by atoms with E-state index in [4.69, 9.17) is 44.7 Å². The standard InChI is InChI=1S/C13H10Cl3N3O3/c1-2-22-13(20)11-8(6-17-21)12(16)19(18-11)10-4-3-7(14)5-9(10)15/h3-6,21H,2H2,1H3. The molecule has 22 heavy (non-hydrogen) atoms. The van der Waals surface area contributed by atoms with Crippen molar-refractivity contribution in [2.24, 2.45) is 5.16 Å². The summed E-state index contributed by atoms with van der Waals surface area (Å²) >= 11 is 18.2. The number of carbonyl (C=O) groups excluding carboxylic acids is 1. The molecule has 1 heterocycles. The minimum Gasteiger partial charge on any atom is -0.461 e. The van der Waals surface area contributed by atoms with Crippen LogP contribution in [0.3, 0.4) is 0 Å². The molecule has 0 amide bonds. The molecule has 0 spiro atoms. The summed E-state index contributed by atoms with van der Waals surface area (Å²) in [5, 5.41) is 16.5. The van der Waals surface area contributed by atoms with Crippen LogP contribution in [0.2, 0.25) is 15.2 Å². The van der Waals surface area contributed by atoms with Crippen molar-refractivity contribution < 1.29 is 14.7 Å². The van der Waals surface area contributed by atoms with Crippen LogP contribution in [-0.2, 0) is 4.74 Å². The zero-order valence-electron chi connectivity index (χ0n) is 11.3. The summed E-state index contributed by atoms with van der Waals surface area (Å²) in [6.45, 7) is 1.83. The molecule has 0 unspecified atom stereocenters. The number of aromatic nitrogens is 2. The Morgan fingerprint density at radius 1 is 1.45 bits per heavy atom. The van der Waals surface area contributed by atoms with E-state index in [0.29, 0.717) is 15.7 Å². The smallest absolute Gasteiger partial charge is 0.359 e. The highest BCUT2D eigenvalue weighted by Gasteiger charge is 2.23. The van der Waals surface area contributed by atoms with Gasteiger partial charge in [-0.15, -0.1) is 0 Å². The maximum atomic E-state index is 11.9. The Hall–Kier alpha value is -1.76. The lowest BCUT2D eigenvalue weighted by Gasteiger charge is -2.05. The van der Waals surface area contributed by atoms with E-state index >= 15 is 0 Å². The predicted molar refractivity (Wildman–Crippen MR) is 83.9 cm³/mol. The number of benzene rings is 1. The first-order valence-corrected chi connectivity index (χ1v) is 7.21. The molecule has 1 aromatic heterocycles. The molecule has 0 aliphatic rings. The zero-order valence-corrected chi connectivity index (χ0v) is 13.5. The van der Waals surface area contributed by atoms with Crippen LogP contribution >= 0.6 is 34.8 Å². The van der Waals surface area contributed by atoms with Crippen LogP contribution < -0.4 is 0 Å². The van der Waals surface area contributed by atoms with E-state index in [0.717, 1.165) is 6.21 Å². The molecule has 0 aliphatic heterocycles. The Morgan fingerprint density at radius 2 is 2.18 bits per heavy atom. The van der Waals surface area contributed by atoms with E-state index in [2.05, 4.69) is 10.3 Å². The van der Waals surface area contributed by atoms with Gasteiger partial charge in [-0.2, -0.15) is 5.10 Å². The summed E-state index contributed by atoms with van der Waals surface area (Å²) in [4.78, 5) is 11.9. The van der Waals surface area contributed by atoms with Crippen LogP contribution in [0.5, 0.6) is 0 Å². The molecular weight excluding hydrogens is 353 g/mol. The van der Waals surface area contributed by atoms with Gasteiger partial charge < -0.3 is 9.94 Å². The third-order valence-electron chi connectivity index (χ3n) is 2.66. The van der Waals surface area contributed by atoms with E-state index in [1.165, 1.54) is 10.7 Å². The molecule has 9 heteroatoms. The molecule has 0 fully saturated rings. The second kappa shape index (κ2) is 7.00. The third-order valence-corrected chi connectivity index (χ3v) is 3.56. The molecule has 2 aromatic rings. The maximum Gasteiger partial charge on any atom is 0.359 e. The Balaban J connectivity index is 2.62. The summed E-state index contributed by atoms with van der Waals surface area (Å²) in [6, 6.07) is 4.71. The Labute approximate surface area is 140 Å². The largest absolute Gasteiger partial charge is 0.461 e. The molecule has 0 saturated carbocycles. The fourth-order valence-corrected chi connectivity index (χ4v) is 2.50. The predicted octanol–water partition coefficient (Wildman–Crippen LogP) is 3.82. The highest BCUT2D eigenvalue weighted by molar-refractivity contribution is 6.36. The molecule has 0 saturated heterocycles. The highest BCUT2D eigenvalue weighted by atomic mass is 35.5. The van der Waals surface area contributed by atoms with Gasteiger partial charge in [-0.05, 0) is 25.1 Å². The van der Waals surface area contributed by atoms with Gasteiger partial charge in [-0.25, -0.2) is 9.48 Å². The lowest BCUT2D eigenvalue weighted by molar-refractivity contribution is 0.0519. The van der Waals surface area contributed by atoms with Crippen LogP contribution in [0.1, 0.15) is 23.0 Å². The summed E-state index contributed by atoms with van der Waals surface area (Å²) < 4.78 is 6.14. The number of nitrogens with zero attached hydrogens (tertiary/aromatic N) is 3. The van der Waals surface area contributed by atoms with Crippen molar-refractivity contribution in [1.29, 1.82) is 0 Å². The second-order valence-corrected chi connectivity index (χ2v) is 5.23. The second-order valence-electron chi connectivity index (χ2n) is 4.03. The highest BCUT2D eigenvalue weighted by Crippen LogP contribution is 2.29. The van der Waals surface area contributed by atoms with Crippen molar-refractivity contribution in [2.75, 3.05) is 6.61 Å². The van der Waals surface area contributed by atoms with Crippen LogP contribution in [0.4, 0.5) is 0 Å². The normalized spacial score (nSPS) is 11.1. The van der Waals surface area contributed by atoms with Crippen LogP contribution in [0.25, 0.3) is 5.69 Å². The molecule has 0 atom stereocenters. The Morgan fingerprint density at radius 3 is 2.77 bits per heavy atom. The third kappa shape index (κ3) is 3.19. The summed E-state index contributed by atoms with van der Waals surface area (Å²) in [5.41, 5.74) is 0.448. The summed E-state index contributed by atoms with van der Waals surface area (Å²) in [7, 11) is 0. The fourth-order valence-electron chi connectivity index (χ4n) is 1.74. The first-order valence-electron chi connectivity index (χ1n) is 6.08. The molecule has 6 nitrogen and oxygen atoms in total. The zero-order chi connectivity index (χ0) is 16.3. The quantitative estimate of drug-likeness (QED) is 0.388. The molecule has 2 rings (SSSR count). The first kappa shape index (κ1) is 16.6. The van der Waals surface area contributed by atoms with E-state index < -0.39 is 5.97 Å². The number of carbonyl (C=O) groups is 1. The van der Waals surface area contributed by atoms with Gasteiger partial charge >= 0.3 is 5.97 Å². The number of rotatable bonds is 4. The van der Waals surface area contributed by atoms with Crippen LogP contribution in [0, 0.1) is 0 Å². The van der Waals surface area contributed by atoms with Gasteiger partial charge in [0, 0.05) is 5.02 Å². The average Bonchev–Trinajstić information content (AvgIpc) is 2.78. The van der Waals surface area contributed by atoms with Gasteiger partial charge in [0.25, 0.3) is 0 Å². The van der Waals surface area contributed by atoms with Gasteiger partial charge in [0.2, 0.25) is 0 Å². The van der Waals surface area contributed by atoms with Crippen molar-refractivity contribution >= 4 is 47.0 Å². The van der Waals surface area contributed by atoms with E-state index in [-0.39, 0.29) is 23.0 Å². The van der Waals surface area contributed by atoms with Gasteiger partial charge in [0.15, 0.2) is 5.69 Å². The number of oxime groups is 1. The minimum atomic E-state index is -0.692. The van der Waals surface area contributed by atoms with Crippen molar-refractivity contribution in [1.82, 2.24) is 9.78 Å². The lowest BCUT2D eigenvalue weighted by Crippen LogP contribution is -2.08. The van der Waals surface area contributed by atoms with Crippen molar-refractivity contribution in [3.8, 4) is 5.69 Å². The van der Waals surface area contributed by atoms with Gasteiger partial charge in [-0.1, -0.05) is 40.0 Å². The number of esters is 1. The monoisotopic (exact) mass is 361 g/mol.